The molecule has 0 aromatic heterocycles. The number of hydrogen-bond acceptors (Lipinski definition) is 3. The second-order valence-electron chi connectivity index (χ2n) is 4.70. The minimum absolute atomic E-state index is 0. The highest BCUT2D eigenvalue weighted by Gasteiger charge is 2.31. The quantitative estimate of drug-likeness (QED) is 0.769. The first kappa shape index (κ1) is 17.2. The summed E-state index contributed by atoms with van der Waals surface area (Å²) in [6.07, 6.45) is 3.39. The number of amides is 2. The third kappa shape index (κ3) is 4.82. The Morgan fingerprint density at radius 3 is 2.50 bits per heavy atom. The van der Waals surface area contributed by atoms with E-state index in [2.05, 4.69) is 5.32 Å². The first-order valence-corrected chi connectivity index (χ1v) is 6.33. The van der Waals surface area contributed by atoms with Crippen molar-refractivity contribution >= 4 is 24.2 Å². The molecular weight excluding hydrogens is 254 g/mol. The Kier molecular flexibility index (Phi) is 7.95. The van der Waals surface area contributed by atoms with E-state index in [1.807, 2.05) is 6.92 Å². The Labute approximate surface area is 115 Å². The van der Waals surface area contributed by atoms with Crippen LogP contribution in [0.2, 0.25) is 0 Å². The minimum Gasteiger partial charge on any atom is -0.358 e. The first-order valence-electron chi connectivity index (χ1n) is 6.33. The standard InChI is InChI=1S/C12H23N3O2.ClH/c1-3-6-15(8-11(16)14-2)12(17)9-4-5-10(13)7-9;/h9-10H,3-8,13H2,1-2H3,(H,14,16);1H. The summed E-state index contributed by atoms with van der Waals surface area (Å²) in [4.78, 5) is 25.2. The van der Waals surface area contributed by atoms with Gasteiger partial charge in [-0.05, 0) is 25.7 Å². The fourth-order valence-electron chi connectivity index (χ4n) is 2.29. The number of nitrogens with two attached hydrogens (primary N) is 1. The molecule has 5 nitrogen and oxygen atoms in total. The van der Waals surface area contributed by atoms with Crippen LogP contribution in [0, 0.1) is 5.92 Å². The number of likely N-dealkylation sites (N-methyl/N-ethyl adjacent to an activating group) is 1. The number of rotatable bonds is 5. The molecule has 2 amide bonds. The van der Waals surface area contributed by atoms with Crippen LogP contribution >= 0.6 is 12.4 Å². The van der Waals surface area contributed by atoms with E-state index in [1.165, 1.54) is 0 Å². The van der Waals surface area contributed by atoms with Crippen LogP contribution in [0.25, 0.3) is 0 Å². The number of carbonyl (C=O) groups is 2. The summed E-state index contributed by atoms with van der Waals surface area (Å²) in [5.41, 5.74) is 5.81. The van der Waals surface area contributed by atoms with Crippen molar-refractivity contribution in [2.75, 3.05) is 20.1 Å². The molecule has 1 fully saturated rings. The summed E-state index contributed by atoms with van der Waals surface area (Å²) < 4.78 is 0. The van der Waals surface area contributed by atoms with Crippen LogP contribution in [-0.4, -0.2) is 42.9 Å². The lowest BCUT2D eigenvalue weighted by atomic mass is 10.1. The van der Waals surface area contributed by atoms with Crippen LogP contribution < -0.4 is 11.1 Å². The summed E-state index contributed by atoms with van der Waals surface area (Å²) >= 11 is 0. The summed E-state index contributed by atoms with van der Waals surface area (Å²) in [6, 6.07) is 0.146. The van der Waals surface area contributed by atoms with Crippen molar-refractivity contribution in [3.63, 3.8) is 0 Å². The molecular formula is C12H24ClN3O2. The third-order valence-electron chi connectivity index (χ3n) is 3.24. The van der Waals surface area contributed by atoms with Crippen molar-refractivity contribution in [3.05, 3.63) is 0 Å². The largest absolute Gasteiger partial charge is 0.358 e. The molecule has 0 spiro atoms. The van der Waals surface area contributed by atoms with Gasteiger partial charge >= 0.3 is 0 Å². The van der Waals surface area contributed by atoms with Gasteiger partial charge in [0.1, 0.15) is 0 Å². The van der Waals surface area contributed by atoms with E-state index in [0.717, 1.165) is 25.7 Å². The Hall–Kier alpha value is -0.810. The number of hydrogen-bond donors (Lipinski definition) is 2. The molecule has 1 saturated carbocycles. The minimum atomic E-state index is -0.117. The maximum absolute atomic E-state index is 12.2. The molecule has 2 atom stereocenters. The normalized spacial score (nSPS) is 22.2. The smallest absolute Gasteiger partial charge is 0.239 e. The van der Waals surface area contributed by atoms with Crippen LogP contribution in [0.4, 0.5) is 0 Å². The van der Waals surface area contributed by atoms with Gasteiger partial charge in [-0.25, -0.2) is 0 Å². The molecule has 0 aromatic rings. The van der Waals surface area contributed by atoms with Crippen LogP contribution in [0.15, 0.2) is 0 Å². The molecule has 6 heteroatoms. The molecule has 1 rings (SSSR count). The van der Waals surface area contributed by atoms with Gasteiger partial charge in [0, 0.05) is 25.6 Å². The predicted molar refractivity (Wildman–Crippen MR) is 73.5 cm³/mol. The van der Waals surface area contributed by atoms with Crippen molar-refractivity contribution in [1.29, 1.82) is 0 Å². The molecule has 0 radical (unpaired) electrons. The zero-order chi connectivity index (χ0) is 12.8. The highest BCUT2D eigenvalue weighted by Crippen LogP contribution is 2.26. The lowest BCUT2D eigenvalue weighted by molar-refractivity contribution is -0.139. The molecule has 0 aromatic carbocycles. The number of carbonyl (C=O) groups excluding carboxylic acids is 2. The summed E-state index contributed by atoms with van der Waals surface area (Å²) in [7, 11) is 1.59. The van der Waals surface area contributed by atoms with Gasteiger partial charge < -0.3 is 16.0 Å². The van der Waals surface area contributed by atoms with E-state index in [4.69, 9.17) is 5.73 Å². The van der Waals surface area contributed by atoms with Crippen LogP contribution in [-0.2, 0) is 9.59 Å². The fraction of sp³-hybridized carbons (Fsp3) is 0.833. The molecule has 0 bridgehead atoms. The van der Waals surface area contributed by atoms with Gasteiger partial charge in [-0.2, -0.15) is 0 Å². The van der Waals surface area contributed by atoms with Gasteiger partial charge in [0.15, 0.2) is 0 Å². The Balaban J connectivity index is 0.00000289. The molecule has 0 aliphatic heterocycles. The molecule has 0 saturated heterocycles. The molecule has 106 valence electrons. The van der Waals surface area contributed by atoms with Crippen molar-refractivity contribution in [1.82, 2.24) is 10.2 Å². The Morgan fingerprint density at radius 1 is 1.39 bits per heavy atom. The third-order valence-corrected chi connectivity index (χ3v) is 3.24. The number of halogens is 1. The van der Waals surface area contributed by atoms with E-state index >= 15 is 0 Å². The van der Waals surface area contributed by atoms with E-state index in [0.29, 0.717) is 6.54 Å². The molecule has 1 aliphatic carbocycles. The van der Waals surface area contributed by atoms with Gasteiger partial charge in [-0.3, -0.25) is 9.59 Å². The SMILES string of the molecule is CCCN(CC(=O)NC)C(=O)C1CCC(N)C1.Cl. The lowest BCUT2D eigenvalue weighted by Crippen LogP contribution is -2.42. The van der Waals surface area contributed by atoms with E-state index in [9.17, 15) is 9.59 Å². The molecule has 2 unspecified atom stereocenters. The van der Waals surface area contributed by atoms with Gasteiger partial charge in [-0.1, -0.05) is 6.92 Å². The van der Waals surface area contributed by atoms with Crippen molar-refractivity contribution in [2.24, 2.45) is 11.7 Å². The molecule has 1 aliphatic rings. The predicted octanol–water partition coefficient (Wildman–Crippen LogP) is 0.520. The zero-order valence-corrected chi connectivity index (χ0v) is 12.0. The molecule has 3 N–H and O–H groups in total. The second-order valence-corrected chi connectivity index (χ2v) is 4.70. The molecule has 18 heavy (non-hydrogen) atoms. The van der Waals surface area contributed by atoms with Crippen molar-refractivity contribution in [3.8, 4) is 0 Å². The van der Waals surface area contributed by atoms with Crippen LogP contribution in [0.3, 0.4) is 0 Å². The van der Waals surface area contributed by atoms with E-state index in [1.54, 1.807) is 11.9 Å². The van der Waals surface area contributed by atoms with Gasteiger partial charge in [0.2, 0.25) is 11.8 Å². The topological polar surface area (TPSA) is 75.4 Å². The van der Waals surface area contributed by atoms with Gasteiger partial charge in [0.25, 0.3) is 0 Å². The highest BCUT2D eigenvalue weighted by molar-refractivity contribution is 5.86. The van der Waals surface area contributed by atoms with Gasteiger partial charge in [0.05, 0.1) is 6.54 Å². The first-order chi connectivity index (χ1) is 8.08. The van der Waals surface area contributed by atoms with E-state index < -0.39 is 0 Å². The van der Waals surface area contributed by atoms with Gasteiger partial charge in [-0.15, -0.1) is 12.4 Å². The maximum atomic E-state index is 12.2. The zero-order valence-electron chi connectivity index (χ0n) is 11.1. The second kappa shape index (κ2) is 8.32. The fourth-order valence-corrected chi connectivity index (χ4v) is 2.29. The average Bonchev–Trinajstić information content (AvgIpc) is 2.74. The monoisotopic (exact) mass is 277 g/mol. The maximum Gasteiger partial charge on any atom is 0.239 e. The Morgan fingerprint density at radius 2 is 2.06 bits per heavy atom. The highest BCUT2D eigenvalue weighted by atomic mass is 35.5. The van der Waals surface area contributed by atoms with Crippen LogP contribution in [0.1, 0.15) is 32.6 Å². The van der Waals surface area contributed by atoms with Crippen LogP contribution in [0.5, 0.6) is 0 Å². The summed E-state index contributed by atoms with van der Waals surface area (Å²) in [5, 5.41) is 2.55. The Bertz CT molecular complexity index is 286. The van der Waals surface area contributed by atoms with Crippen molar-refractivity contribution in [2.45, 2.75) is 38.6 Å². The number of nitrogens with zero attached hydrogens (tertiary/aromatic N) is 1. The summed E-state index contributed by atoms with van der Waals surface area (Å²) in [5.74, 6) is -0.0151. The number of nitrogens with one attached hydrogen (secondary N) is 1. The summed E-state index contributed by atoms with van der Waals surface area (Å²) in [6.45, 7) is 2.80. The van der Waals surface area contributed by atoms with E-state index in [-0.39, 0.29) is 42.7 Å². The van der Waals surface area contributed by atoms with Crippen molar-refractivity contribution < 1.29 is 9.59 Å². The average molecular weight is 278 g/mol. The lowest BCUT2D eigenvalue weighted by Gasteiger charge is -2.24. The molecule has 0 heterocycles.